The maximum atomic E-state index is 10.2. The summed E-state index contributed by atoms with van der Waals surface area (Å²) in [7, 11) is 0. The number of aliphatic hydroxyl groups excluding tert-OH is 1. The van der Waals surface area contributed by atoms with Crippen LogP contribution < -0.4 is 0 Å². The third-order valence-corrected chi connectivity index (χ3v) is 4.19. The predicted molar refractivity (Wildman–Crippen MR) is 75.3 cm³/mol. The van der Waals surface area contributed by atoms with Crippen molar-refractivity contribution in [3.8, 4) is 0 Å². The van der Waals surface area contributed by atoms with E-state index in [1.807, 2.05) is 36.4 Å². The highest BCUT2D eigenvalue weighted by molar-refractivity contribution is 6.31. The molecule has 2 aromatic rings. The molecule has 1 aliphatic rings. The van der Waals surface area contributed by atoms with Crippen molar-refractivity contribution in [2.24, 2.45) is 5.92 Å². The predicted octanol–water partition coefficient (Wildman–Crippen LogP) is 4.33. The second kappa shape index (κ2) is 5.03. The molecule has 1 fully saturated rings. The zero-order valence-corrected chi connectivity index (χ0v) is 11.6. The van der Waals surface area contributed by atoms with Gasteiger partial charge in [0, 0.05) is 17.4 Å². The fourth-order valence-corrected chi connectivity index (χ4v) is 2.65. The number of furan rings is 1. The Labute approximate surface area is 118 Å². The van der Waals surface area contributed by atoms with E-state index in [0.717, 1.165) is 11.3 Å². The van der Waals surface area contributed by atoms with Crippen molar-refractivity contribution < 1.29 is 9.52 Å². The molecule has 3 rings (SSSR count). The number of hydrogen-bond donors (Lipinski definition) is 1. The SMILES string of the molecule is CC1CC1c1ccc(C(O)Cc2ccccc2Cl)o1. The molecule has 1 heterocycles. The van der Waals surface area contributed by atoms with Gasteiger partial charge in [0.1, 0.15) is 17.6 Å². The summed E-state index contributed by atoms with van der Waals surface area (Å²) in [6.07, 6.45) is 1.03. The summed E-state index contributed by atoms with van der Waals surface area (Å²) in [4.78, 5) is 0. The highest BCUT2D eigenvalue weighted by Gasteiger charge is 2.36. The minimum atomic E-state index is -0.636. The van der Waals surface area contributed by atoms with Crippen molar-refractivity contribution in [3.05, 3.63) is 58.5 Å². The molecule has 0 radical (unpaired) electrons. The molecule has 0 saturated heterocycles. The summed E-state index contributed by atoms with van der Waals surface area (Å²) in [5, 5.41) is 10.9. The van der Waals surface area contributed by atoms with Crippen LogP contribution in [0.25, 0.3) is 0 Å². The maximum absolute atomic E-state index is 10.2. The Balaban J connectivity index is 1.72. The molecule has 1 aromatic carbocycles. The van der Waals surface area contributed by atoms with Crippen molar-refractivity contribution in [1.82, 2.24) is 0 Å². The van der Waals surface area contributed by atoms with Gasteiger partial charge >= 0.3 is 0 Å². The lowest BCUT2D eigenvalue weighted by Crippen LogP contribution is -2.00. The Morgan fingerprint density at radius 3 is 2.74 bits per heavy atom. The number of hydrogen-bond acceptors (Lipinski definition) is 2. The molecule has 3 heteroatoms. The molecule has 3 atom stereocenters. The Morgan fingerprint density at radius 2 is 2.05 bits per heavy atom. The summed E-state index contributed by atoms with van der Waals surface area (Å²) in [6.45, 7) is 2.22. The lowest BCUT2D eigenvalue weighted by atomic mass is 10.1. The first-order chi connectivity index (χ1) is 9.15. The molecule has 1 N–H and O–H groups in total. The molecule has 0 bridgehead atoms. The molecule has 0 spiro atoms. The van der Waals surface area contributed by atoms with Crippen LogP contribution in [-0.4, -0.2) is 5.11 Å². The van der Waals surface area contributed by atoms with Gasteiger partial charge in [0.25, 0.3) is 0 Å². The van der Waals surface area contributed by atoms with Crippen molar-refractivity contribution >= 4 is 11.6 Å². The Hall–Kier alpha value is -1.25. The molecule has 100 valence electrons. The standard InChI is InChI=1S/C16H17ClO2/c1-10-8-12(10)15-6-7-16(19-15)14(18)9-11-4-2-3-5-13(11)17/h2-7,10,12,14,18H,8-9H2,1H3. The summed E-state index contributed by atoms with van der Waals surface area (Å²) in [5.74, 6) is 2.88. The summed E-state index contributed by atoms with van der Waals surface area (Å²) >= 11 is 6.10. The fraction of sp³-hybridized carbons (Fsp3) is 0.375. The van der Waals surface area contributed by atoms with Gasteiger partial charge in [-0.1, -0.05) is 36.7 Å². The smallest absolute Gasteiger partial charge is 0.133 e. The van der Waals surface area contributed by atoms with Gasteiger partial charge in [0.15, 0.2) is 0 Å². The highest BCUT2D eigenvalue weighted by Crippen LogP contribution is 2.47. The van der Waals surface area contributed by atoms with Crippen molar-refractivity contribution in [1.29, 1.82) is 0 Å². The topological polar surface area (TPSA) is 33.4 Å². The van der Waals surface area contributed by atoms with Gasteiger partial charge in [-0.2, -0.15) is 0 Å². The van der Waals surface area contributed by atoms with Crippen LogP contribution in [0.2, 0.25) is 5.02 Å². The molecule has 2 nitrogen and oxygen atoms in total. The zero-order chi connectivity index (χ0) is 13.4. The van der Waals surface area contributed by atoms with Crippen molar-refractivity contribution in [2.45, 2.75) is 31.8 Å². The zero-order valence-electron chi connectivity index (χ0n) is 10.8. The van der Waals surface area contributed by atoms with Crippen LogP contribution in [0.15, 0.2) is 40.8 Å². The van der Waals surface area contributed by atoms with E-state index in [-0.39, 0.29) is 0 Å². The van der Waals surface area contributed by atoms with E-state index >= 15 is 0 Å². The first-order valence-corrected chi connectivity index (χ1v) is 7.04. The molecule has 0 aliphatic heterocycles. The minimum absolute atomic E-state index is 0.479. The van der Waals surface area contributed by atoms with Crippen LogP contribution in [0, 0.1) is 5.92 Å². The van der Waals surface area contributed by atoms with Gasteiger partial charge in [-0.15, -0.1) is 0 Å². The molecule has 19 heavy (non-hydrogen) atoms. The van der Waals surface area contributed by atoms with Crippen LogP contribution in [0.5, 0.6) is 0 Å². The van der Waals surface area contributed by atoms with Crippen LogP contribution >= 0.6 is 11.6 Å². The highest BCUT2D eigenvalue weighted by atomic mass is 35.5. The maximum Gasteiger partial charge on any atom is 0.133 e. The largest absolute Gasteiger partial charge is 0.463 e. The van der Waals surface area contributed by atoms with E-state index in [1.54, 1.807) is 0 Å². The van der Waals surface area contributed by atoms with Gasteiger partial charge in [0.2, 0.25) is 0 Å². The van der Waals surface area contributed by atoms with Crippen LogP contribution in [0.4, 0.5) is 0 Å². The minimum Gasteiger partial charge on any atom is -0.463 e. The quantitative estimate of drug-likeness (QED) is 0.901. The average molecular weight is 277 g/mol. The Morgan fingerprint density at radius 1 is 1.32 bits per heavy atom. The Kier molecular flexibility index (Phi) is 3.38. The third kappa shape index (κ3) is 2.70. The van der Waals surface area contributed by atoms with Crippen LogP contribution in [0.1, 0.15) is 42.5 Å². The van der Waals surface area contributed by atoms with Crippen LogP contribution in [0.3, 0.4) is 0 Å². The van der Waals surface area contributed by atoms with E-state index < -0.39 is 6.10 Å². The van der Waals surface area contributed by atoms with E-state index in [1.165, 1.54) is 6.42 Å². The molecular formula is C16H17ClO2. The van der Waals surface area contributed by atoms with E-state index in [4.69, 9.17) is 16.0 Å². The lowest BCUT2D eigenvalue weighted by molar-refractivity contribution is 0.148. The first kappa shape index (κ1) is 12.8. The lowest BCUT2D eigenvalue weighted by Gasteiger charge is -2.09. The second-order valence-corrected chi connectivity index (χ2v) is 5.78. The molecule has 1 saturated carbocycles. The van der Waals surface area contributed by atoms with Gasteiger partial charge in [-0.25, -0.2) is 0 Å². The summed E-state index contributed by atoms with van der Waals surface area (Å²) in [6, 6.07) is 11.4. The number of rotatable bonds is 4. The van der Waals surface area contributed by atoms with E-state index in [2.05, 4.69) is 6.92 Å². The van der Waals surface area contributed by atoms with E-state index in [0.29, 0.717) is 29.0 Å². The first-order valence-electron chi connectivity index (χ1n) is 6.66. The van der Waals surface area contributed by atoms with E-state index in [9.17, 15) is 5.11 Å². The van der Waals surface area contributed by atoms with Gasteiger partial charge in [-0.3, -0.25) is 0 Å². The van der Waals surface area contributed by atoms with Gasteiger partial charge < -0.3 is 9.52 Å². The monoisotopic (exact) mass is 276 g/mol. The fourth-order valence-electron chi connectivity index (χ4n) is 2.44. The number of aliphatic hydroxyl groups is 1. The van der Waals surface area contributed by atoms with Crippen LogP contribution in [-0.2, 0) is 6.42 Å². The summed E-state index contributed by atoms with van der Waals surface area (Å²) in [5.41, 5.74) is 0.939. The Bertz CT molecular complexity index is 576. The van der Waals surface area contributed by atoms with Gasteiger partial charge in [0.05, 0.1) is 0 Å². The number of benzene rings is 1. The molecule has 3 unspecified atom stereocenters. The molecule has 0 amide bonds. The second-order valence-electron chi connectivity index (χ2n) is 5.37. The van der Waals surface area contributed by atoms with Crippen molar-refractivity contribution in [3.63, 3.8) is 0 Å². The van der Waals surface area contributed by atoms with Gasteiger partial charge in [-0.05, 0) is 36.1 Å². The average Bonchev–Trinajstić information content (AvgIpc) is 2.93. The summed E-state index contributed by atoms with van der Waals surface area (Å²) < 4.78 is 5.76. The third-order valence-electron chi connectivity index (χ3n) is 3.82. The number of halogens is 1. The molecule has 1 aliphatic carbocycles. The molecular weight excluding hydrogens is 260 g/mol. The molecule has 1 aromatic heterocycles. The normalized spacial score (nSPS) is 23.3. The van der Waals surface area contributed by atoms with Crippen molar-refractivity contribution in [2.75, 3.05) is 0 Å².